The summed E-state index contributed by atoms with van der Waals surface area (Å²) in [6, 6.07) is 67.7. The van der Waals surface area contributed by atoms with E-state index in [2.05, 4.69) is 371 Å². The van der Waals surface area contributed by atoms with Gasteiger partial charge in [-0.2, -0.15) is 0 Å². The second-order valence-electron chi connectivity index (χ2n) is 41.7. The number of hydrogen-bond donors (Lipinski definition) is 0. The standard InChI is InChI=1S/C23H24.C22H22.C21H28.C20H26.C18H30.C12H18/c1-17-10-12-19(13-11-17)21-14-20(18-8-6-5-7-9-18)15-22(16-21)23(2,3)4;1-22(2,3)21-15-19(17-10-6-4-7-11-17)14-20(16-21)18-12-8-5-9-13-18;1-15-10-8-11-16(14-15)17-12-9-13-18(20(2,3)4)19(17)21(5,6)7;1-19(2,3)17-14-10-13-16(18(17)20(4,5)6)15-11-8-7-9-12-15;1-16(2,3)13-10-11-14(17(4,5)6)15(12-13)18(7,8)9;1-9-7-6-8-10(2)11(9)12(3,4)5/h5-16H,1-4H3;4-16H,1-3H3;8-14H,1-7H3;7-14H,1-6H3;10-12H,1-9H3;6-8H,1-5H3/i5D,6D,7D,8D,9D,10D,11D,12D,13D;;8D,10D,11D,14D;;;. The molecule has 0 saturated heterocycles. The molecule has 0 aliphatic heterocycles. The number of hydrogen-bond acceptors (Lipinski definition) is 0. The number of aryl methyl sites for hydroxylation is 2. The largest absolute Gasteiger partial charge is 0.0632 e. The Morgan fingerprint density at radius 3 is 0.879 bits per heavy atom. The lowest BCUT2D eigenvalue weighted by atomic mass is 9.72. The minimum atomic E-state index is -0.478. The summed E-state index contributed by atoms with van der Waals surface area (Å²) in [5.74, 6) is 0. The third-order valence-electron chi connectivity index (χ3n) is 20.7. The summed E-state index contributed by atoms with van der Waals surface area (Å²) in [5, 5.41) is 0. The average molecular weight is 1560 g/mol. The summed E-state index contributed by atoms with van der Waals surface area (Å²) in [5.41, 5.74) is 27.5. The average Bonchev–Trinajstić information content (AvgIpc) is 0.744. The molecule has 0 amide bonds. The maximum Gasteiger partial charge on any atom is 0.0632 e. The molecule has 0 unspecified atom stereocenters. The Labute approximate surface area is 726 Å². The van der Waals surface area contributed by atoms with E-state index < -0.39 is 18.1 Å². The van der Waals surface area contributed by atoms with E-state index >= 15 is 0 Å². The van der Waals surface area contributed by atoms with E-state index in [9.17, 15) is 0 Å². The minimum Gasteiger partial charge on any atom is -0.0622 e. The lowest BCUT2D eigenvalue weighted by Gasteiger charge is -2.32. The lowest BCUT2D eigenvalue weighted by Crippen LogP contribution is -2.23. The fourth-order valence-electron chi connectivity index (χ4n) is 14.8. The molecule has 12 aromatic rings. The van der Waals surface area contributed by atoms with Crippen molar-refractivity contribution in [2.45, 2.75) is 290 Å². The SMILES string of the molecule is CC(C)(C)c1cc(-c2ccccc2)cc(-c2ccccc2)c1.CC(C)(C)c1ccc(C(C)(C)C)c(C(C)(C)C)c1.CC(C)(C)c1cccc(-c2ccccc2)c1C(C)(C)C.Cc1cccc(C)c1C(C)(C)C.[2H]c1c([2H])c(C)c([2H])c(-c2cccc(C(C)(C)C)c2C(C)(C)C)c1[2H].[2H]c1c([2H])c([2H])c(-c2cc(-c3c([2H])c([2H])c(C)c([2H])c3[2H])cc(C(C)(C)C)c2)c([2H])c1[2H]. The van der Waals surface area contributed by atoms with E-state index in [-0.39, 0.29) is 131 Å². The Hall–Kier alpha value is -9.36. The molecule has 0 aliphatic rings. The zero-order valence-electron chi connectivity index (χ0n) is 90.6. The highest BCUT2D eigenvalue weighted by atomic mass is 14.4. The van der Waals surface area contributed by atoms with Crippen molar-refractivity contribution in [2.75, 3.05) is 0 Å². The van der Waals surface area contributed by atoms with Gasteiger partial charge in [-0.25, -0.2) is 0 Å². The predicted octanol–water partition coefficient (Wildman–Crippen LogP) is 34.3. The fourth-order valence-corrected chi connectivity index (χ4v) is 14.8. The molecule has 0 bridgehead atoms. The maximum atomic E-state index is 8.52. The van der Waals surface area contributed by atoms with E-state index in [4.69, 9.17) is 17.8 Å². The quantitative estimate of drug-likeness (QED) is 0.156. The van der Waals surface area contributed by atoms with Gasteiger partial charge < -0.3 is 0 Å². The maximum absolute atomic E-state index is 8.52. The van der Waals surface area contributed by atoms with Gasteiger partial charge in [0.1, 0.15) is 0 Å². The molecule has 0 nitrogen and oxygen atoms in total. The third kappa shape index (κ3) is 26.6. The van der Waals surface area contributed by atoms with Crippen LogP contribution in [0.25, 0.3) is 66.8 Å². The first kappa shape index (κ1) is 75.4. The molecule has 0 radical (unpaired) electrons. The van der Waals surface area contributed by atoms with Gasteiger partial charge in [0.05, 0.1) is 17.8 Å². The van der Waals surface area contributed by atoms with Crippen LogP contribution in [0.15, 0.2) is 279 Å². The van der Waals surface area contributed by atoms with E-state index in [0.29, 0.717) is 22.3 Å². The van der Waals surface area contributed by atoms with Crippen molar-refractivity contribution in [1.82, 2.24) is 0 Å². The molecule has 12 aromatic carbocycles. The topological polar surface area (TPSA) is 0 Å². The zero-order valence-corrected chi connectivity index (χ0v) is 77.6. The van der Waals surface area contributed by atoms with Crippen LogP contribution in [0, 0.1) is 27.7 Å². The summed E-state index contributed by atoms with van der Waals surface area (Å²) in [4.78, 5) is 0. The van der Waals surface area contributed by atoms with Gasteiger partial charge in [0.15, 0.2) is 0 Å². The molecule has 0 spiro atoms. The Kier molecular flexibility index (Phi) is 24.6. The number of benzene rings is 12. The molecule has 0 heteroatoms. The molecule has 116 heavy (non-hydrogen) atoms. The Bertz CT molecular complexity index is 5680. The van der Waals surface area contributed by atoms with Crippen molar-refractivity contribution < 1.29 is 17.8 Å². The zero-order chi connectivity index (χ0) is 97.9. The molecule has 0 aliphatic carbocycles. The molecular formula is C116H148. The van der Waals surface area contributed by atoms with Crippen molar-refractivity contribution in [3.63, 3.8) is 0 Å². The van der Waals surface area contributed by atoms with Crippen LogP contribution in [-0.2, 0) is 54.1 Å². The van der Waals surface area contributed by atoms with Crippen molar-refractivity contribution >= 4 is 0 Å². The van der Waals surface area contributed by atoms with Crippen LogP contribution in [0.2, 0.25) is 0 Å². The molecule has 0 N–H and O–H groups in total. The molecule has 0 saturated carbocycles. The Balaban J connectivity index is 0.000000216. The van der Waals surface area contributed by atoms with Gasteiger partial charge >= 0.3 is 0 Å². The van der Waals surface area contributed by atoms with Gasteiger partial charge in [-0.15, -0.1) is 0 Å². The van der Waals surface area contributed by atoms with Crippen LogP contribution in [0.1, 0.15) is 303 Å². The summed E-state index contributed by atoms with van der Waals surface area (Å²) < 4.78 is 107. The molecular weight excluding hydrogens is 1390 g/mol. The molecule has 0 aromatic heterocycles. The predicted molar refractivity (Wildman–Crippen MR) is 517 cm³/mol. The van der Waals surface area contributed by atoms with E-state index in [0.717, 1.165) is 16.7 Å². The second-order valence-corrected chi connectivity index (χ2v) is 41.7. The molecule has 0 atom stereocenters. The Morgan fingerprint density at radius 1 is 0.190 bits per heavy atom. The smallest absolute Gasteiger partial charge is 0.0622 e. The second kappa shape index (κ2) is 37.9. The van der Waals surface area contributed by atoms with Gasteiger partial charge in [-0.3, -0.25) is 0 Å². The van der Waals surface area contributed by atoms with Crippen LogP contribution in [0.4, 0.5) is 0 Å². The highest BCUT2D eigenvalue weighted by molar-refractivity contribution is 5.77. The van der Waals surface area contributed by atoms with Crippen LogP contribution >= 0.6 is 0 Å². The summed E-state index contributed by atoms with van der Waals surface area (Å²) >= 11 is 0. The van der Waals surface area contributed by atoms with Crippen LogP contribution < -0.4 is 0 Å². The van der Waals surface area contributed by atoms with Crippen molar-refractivity contribution in [1.29, 1.82) is 0 Å². The first-order valence-electron chi connectivity index (χ1n) is 48.2. The lowest BCUT2D eigenvalue weighted by molar-refractivity contribution is 0.523. The minimum absolute atomic E-state index is 0.0250. The van der Waals surface area contributed by atoms with Gasteiger partial charge in [0, 0.05) is 0 Å². The first-order chi connectivity index (χ1) is 59.0. The highest BCUT2D eigenvalue weighted by Gasteiger charge is 2.31. The van der Waals surface area contributed by atoms with Gasteiger partial charge in [0.25, 0.3) is 0 Å². The van der Waals surface area contributed by atoms with Crippen molar-refractivity contribution in [3.05, 3.63) is 357 Å². The van der Waals surface area contributed by atoms with E-state index in [1.807, 2.05) is 32.9 Å². The fraction of sp³-hybridized carbons (Fsp3) is 0.379. The van der Waals surface area contributed by atoms with E-state index in [1.54, 1.807) is 25.1 Å². The number of rotatable bonds is 6. The van der Waals surface area contributed by atoms with Crippen LogP contribution in [0.5, 0.6) is 0 Å². The summed E-state index contributed by atoms with van der Waals surface area (Å²) in [6.45, 7) is 74.5. The van der Waals surface area contributed by atoms with Gasteiger partial charge in [-0.05, 0) is 228 Å². The molecule has 0 fully saturated rings. The first-order valence-corrected chi connectivity index (χ1v) is 41.7. The normalized spacial score (nSPS) is 13.8. The van der Waals surface area contributed by atoms with Gasteiger partial charge in [0.2, 0.25) is 0 Å². The van der Waals surface area contributed by atoms with Crippen molar-refractivity contribution in [2.24, 2.45) is 0 Å². The van der Waals surface area contributed by atoms with E-state index in [1.165, 1.54) is 95.9 Å². The monoisotopic (exact) mass is 1550 g/mol. The molecule has 612 valence electrons. The summed E-state index contributed by atoms with van der Waals surface area (Å²) in [6.07, 6.45) is 0. The summed E-state index contributed by atoms with van der Waals surface area (Å²) in [7, 11) is 0. The molecule has 12 rings (SSSR count). The third-order valence-corrected chi connectivity index (χ3v) is 20.7. The molecule has 0 heterocycles. The van der Waals surface area contributed by atoms with Gasteiger partial charge in [-0.1, -0.05) is 485 Å². The Morgan fingerprint density at radius 2 is 0.526 bits per heavy atom. The van der Waals surface area contributed by atoms with Crippen LogP contribution in [0.3, 0.4) is 0 Å². The van der Waals surface area contributed by atoms with Crippen molar-refractivity contribution in [3.8, 4) is 66.8 Å². The van der Waals surface area contributed by atoms with Crippen LogP contribution in [-0.4, -0.2) is 0 Å². The highest BCUT2D eigenvalue weighted by Crippen LogP contribution is 2.44.